The Morgan fingerprint density at radius 3 is 2.14 bits per heavy atom. The van der Waals surface area contributed by atoms with E-state index in [1.54, 1.807) is 0 Å². The number of phenolic OH excluding ortho intramolecular Hbond substituents is 1. The molecule has 0 saturated heterocycles. The summed E-state index contributed by atoms with van der Waals surface area (Å²) in [4.78, 5) is 15.3. The summed E-state index contributed by atoms with van der Waals surface area (Å²) in [5, 5.41) is 28.0. The summed E-state index contributed by atoms with van der Waals surface area (Å²) in [6.07, 6.45) is 0. The minimum atomic E-state index is -4.80. The second-order valence-electron chi connectivity index (χ2n) is 3.89. The second kappa shape index (κ2) is 5.00. The van der Waals surface area contributed by atoms with Gasteiger partial charge in [0.15, 0.2) is 4.90 Å². The molecule has 0 aliphatic rings. The van der Waals surface area contributed by atoms with Gasteiger partial charge in [-0.25, -0.2) is 4.79 Å². The van der Waals surface area contributed by atoms with Gasteiger partial charge in [-0.05, 0) is 24.3 Å². The minimum Gasteiger partial charge on any atom is -0.508 e. The first kappa shape index (κ1) is 14.7. The number of benzene rings is 1. The molecule has 112 valence electrons. The van der Waals surface area contributed by atoms with E-state index < -0.39 is 32.7 Å². The molecule has 0 aliphatic carbocycles. The molecule has 0 unspecified atom stereocenters. The van der Waals surface area contributed by atoms with Gasteiger partial charge >= 0.3 is 5.97 Å². The number of aromatic nitrogens is 1. The van der Waals surface area contributed by atoms with Crippen molar-refractivity contribution in [3.05, 3.63) is 35.9 Å². The molecule has 4 N–H and O–H groups in total. The molecular weight excluding hydrogens is 306 g/mol. The predicted octanol–water partition coefficient (Wildman–Crippen LogP) is 0.121. The van der Waals surface area contributed by atoms with Crippen molar-refractivity contribution in [2.45, 2.75) is 4.90 Å². The van der Waals surface area contributed by atoms with Crippen LogP contribution in [0.15, 0.2) is 35.2 Å². The zero-order valence-corrected chi connectivity index (χ0v) is 11.0. The number of phenols is 1. The van der Waals surface area contributed by atoms with Crippen molar-refractivity contribution in [1.29, 1.82) is 0 Å². The Labute approximate surface area is 118 Å². The topological polar surface area (TPSA) is 146 Å². The molecule has 2 aromatic rings. The van der Waals surface area contributed by atoms with Gasteiger partial charge in [0.1, 0.15) is 5.75 Å². The highest BCUT2D eigenvalue weighted by Gasteiger charge is 2.26. The predicted molar refractivity (Wildman–Crippen MR) is 66.6 cm³/mol. The summed E-state index contributed by atoms with van der Waals surface area (Å²) in [6, 6.07) is 5.33. The van der Waals surface area contributed by atoms with E-state index in [0.29, 0.717) is 6.07 Å². The van der Waals surface area contributed by atoms with Gasteiger partial charge in [0.05, 0.1) is 5.56 Å². The molecule has 1 aromatic heterocycles. The van der Waals surface area contributed by atoms with Crippen molar-refractivity contribution in [3.8, 4) is 17.5 Å². The fraction of sp³-hybridized carbons (Fsp3) is 0. The Balaban J connectivity index is 2.34. The molecule has 0 atom stereocenters. The molecule has 0 aliphatic heterocycles. The summed E-state index contributed by atoms with van der Waals surface area (Å²) in [5.41, 5.74) is -0.0336. The normalized spacial score (nSPS) is 11.3. The molecular formula is C11H9NO8S. The Kier molecular flexibility index (Phi) is 3.49. The molecule has 2 rings (SSSR count). The van der Waals surface area contributed by atoms with E-state index in [2.05, 4.69) is 4.84 Å². The summed E-state index contributed by atoms with van der Waals surface area (Å²) in [5.74, 6) is -3.21. The highest BCUT2D eigenvalue weighted by Crippen LogP contribution is 2.30. The summed E-state index contributed by atoms with van der Waals surface area (Å²) >= 11 is 0. The maximum absolute atomic E-state index is 11.7. The van der Waals surface area contributed by atoms with Gasteiger partial charge in [0.25, 0.3) is 16.0 Å². The molecule has 1 heterocycles. The smallest absolute Gasteiger partial charge is 0.363 e. The van der Waals surface area contributed by atoms with Gasteiger partial charge in [-0.2, -0.15) is 8.42 Å². The van der Waals surface area contributed by atoms with Crippen molar-refractivity contribution in [3.63, 3.8) is 0 Å². The van der Waals surface area contributed by atoms with E-state index in [1.807, 2.05) is 0 Å². The number of carbonyl (C=O) groups is 1. The fourth-order valence-corrected chi connectivity index (χ4v) is 2.03. The Morgan fingerprint density at radius 2 is 1.67 bits per heavy atom. The lowest BCUT2D eigenvalue weighted by Crippen LogP contribution is -2.19. The maximum Gasteiger partial charge on any atom is 0.363 e. The van der Waals surface area contributed by atoms with Crippen LogP contribution < -0.4 is 4.84 Å². The van der Waals surface area contributed by atoms with E-state index >= 15 is 0 Å². The van der Waals surface area contributed by atoms with E-state index in [-0.39, 0.29) is 16.0 Å². The van der Waals surface area contributed by atoms with Gasteiger partial charge < -0.3 is 20.2 Å². The van der Waals surface area contributed by atoms with Crippen molar-refractivity contribution < 1.29 is 37.9 Å². The van der Waals surface area contributed by atoms with Crippen molar-refractivity contribution in [1.82, 2.24) is 4.73 Å². The van der Waals surface area contributed by atoms with Crippen LogP contribution in [-0.2, 0) is 10.1 Å². The van der Waals surface area contributed by atoms with Crippen LogP contribution in [0.25, 0.3) is 0 Å². The molecule has 1 aromatic carbocycles. The molecule has 0 spiro atoms. The number of hydrogen-bond acceptors (Lipinski definition) is 7. The number of aromatic hydroxyl groups is 3. The van der Waals surface area contributed by atoms with Crippen LogP contribution in [0.3, 0.4) is 0 Å². The molecule has 0 saturated carbocycles. The van der Waals surface area contributed by atoms with Crippen molar-refractivity contribution in [2.75, 3.05) is 0 Å². The zero-order chi connectivity index (χ0) is 15.8. The third-order valence-corrected chi connectivity index (χ3v) is 3.29. The van der Waals surface area contributed by atoms with Gasteiger partial charge in [-0.3, -0.25) is 4.55 Å². The van der Waals surface area contributed by atoms with Crippen LogP contribution in [0.5, 0.6) is 17.5 Å². The van der Waals surface area contributed by atoms with Crippen LogP contribution in [0, 0.1) is 0 Å². The lowest BCUT2D eigenvalue weighted by atomic mass is 10.2. The molecule has 0 amide bonds. The van der Waals surface area contributed by atoms with Crippen LogP contribution in [0.4, 0.5) is 0 Å². The van der Waals surface area contributed by atoms with E-state index in [0.717, 1.165) is 0 Å². The van der Waals surface area contributed by atoms with Gasteiger partial charge in [-0.15, -0.1) is 4.73 Å². The van der Waals surface area contributed by atoms with E-state index in [1.165, 1.54) is 24.3 Å². The highest BCUT2D eigenvalue weighted by molar-refractivity contribution is 7.86. The highest BCUT2D eigenvalue weighted by atomic mass is 32.2. The first-order chi connectivity index (χ1) is 9.70. The van der Waals surface area contributed by atoms with E-state index in [4.69, 9.17) is 9.66 Å². The fourth-order valence-electron chi connectivity index (χ4n) is 1.46. The average molecular weight is 315 g/mol. The standard InChI is InChI=1S/C11H9NO8S/c13-7-3-1-6(2-4-7)11(16)20-12-9(14)5-8(10(12)15)21(17,18)19/h1-5,13-15H,(H,17,18,19). The van der Waals surface area contributed by atoms with Crippen LogP contribution in [0.1, 0.15) is 10.4 Å². The largest absolute Gasteiger partial charge is 0.508 e. The van der Waals surface area contributed by atoms with Gasteiger partial charge in [0.2, 0.25) is 5.88 Å². The molecule has 21 heavy (non-hydrogen) atoms. The lowest BCUT2D eigenvalue weighted by molar-refractivity contribution is 0.0377. The number of nitrogens with zero attached hydrogens (tertiary/aromatic N) is 1. The molecule has 10 heteroatoms. The van der Waals surface area contributed by atoms with Gasteiger partial charge in [0, 0.05) is 6.07 Å². The van der Waals surface area contributed by atoms with Crippen LogP contribution in [0.2, 0.25) is 0 Å². The monoisotopic (exact) mass is 315 g/mol. The quantitative estimate of drug-likeness (QED) is 0.584. The molecule has 0 radical (unpaired) electrons. The first-order valence-corrected chi connectivity index (χ1v) is 6.77. The first-order valence-electron chi connectivity index (χ1n) is 5.33. The average Bonchev–Trinajstić information content (AvgIpc) is 2.67. The second-order valence-corrected chi connectivity index (χ2v) is 5.28. The zero-order valence-electron chi connectivity index (χ0n) is 10.2. The van der Waals surface area contributed by atoms with Gasteiger partial charge in [-0.1, -0.05) is 0 Å². The molecule has 0 fully saturated rings. The van der Waals surface area contributed by atoms with Crippen molar-refractivity contribution in [2.24, 2.45) is 0 Å². The molecule has 9 nitrogen and oxygen atoms in total. The van der Waals surface area contributed by atoms with E-state index in [9.17, 15) is 23.4 Å². The third kappa shape index (κ3) is 2.90. The molecule has 0 bridgehead atoms. The lowest BCUT2D eigenvalue weighted by Gasteiger charge is -2.07. The summed E-state index contributed by atoms with van der Waals surface area (Å²) < 4.78 is 30.8. The number of carbonyl (C=O) groups excluding carboxylic acids is 1. The Bertz CT molecular complexity index is 790. The minimum absolute atomic E-state index is 0.0336. The SMILES string of the molecule is O=C(On1c(O)cc(S(=O)(=O)O)c1O)c1ccc(O)cc1. The number of hydrogen-bond donors (Lipinski definition) is 4. The van der Waals surface area contributed by atoms with Crippen LogP contribution >= 0.6 is 0 Å². The van der Waals surface area contributed by atoms with Crippen LogP contribution in [-0.4, -0.2) is 39.0 Å². The maximum atomic E-state index is 11.7. The summed E-state index contributed by atoms with van der Waals surface area (Å²) in [6.45, 7) is 0. The summed E-state index contributed by atoms with van der Waals surface area (Å²) in [7, 11) is -4.80. The third-order valence-electron chi connectivity index (χ3n) is 2.44. The Hall–Kier alpha value is -2.72. The number of rotatable bonds is 3. The Morgan fingerprint density at radius 1 is 1.10 bits per heavy atom. The van der Waals surface area contributed by atoms with Crippen molar-refractivity contribution >= 4 is 16.1 Å².